The average molecular weight is 424 g/mol. The van der Waals surface area contributed by atoms with Crippen LogP contribution in [0, 0.1) is 29.5 Å². The Labute approximate surface area is 189 Å². The van der Waals surface area contributed by atoms with E-state index in [1.54, 1.807) is 12.1 Å². The predicted molar refractivity (Wildman–Crippen MR) is 130 cm³/mol. The zero-order valence-corrected chi connectivity index (χ0v) is 18.2. The van der Waals surface area contributed by atoms with Crippen LogP contribution in [-0.4, -0.2) is 5.16 Å². The molecule has 0 heterocycles. The number of isothiocyanates is 1. The lowest BCUT2D eigenvalue weighted by Crippen LogP contribution is -1.82. The molecule has 0 unspecified atom stereocenters. The van der Waals surface area contributed by atoms with E-state index in [2.05, 4.69) is 77.2 Å². The Bertz CT molecular complexity index is 1200. The maximum Gasteiger partial charge on any atom is 0.150 e. The molecular weight excluding hydrogens is 401 g/mol. The van der Waals surface area contributed by atoms with Crippen LogP contribution in [-0.2, 0) is 0 Å². The van der Waals surface area contributed by atoms with Gasteiger partial charge in [-0.2, -0.15) is 4.99 Å². The summed E-state index contributed by atoms with van der Waals surface area (Å²) in [5.74, 6) is 12.0. The van der Waals surface area contributed by atoms with Crippen LogP contribution < -0.4 is 0 Å². The smallest absolute Gasteiger partial charge is 0.150 e. The van der Waals surface area contributed by atoms with Crippen molar-refractivity contribution in [3.63, 3.8) is 0 Å². The molecule has 0 fully saturated rings. The molecule has 0 bridgehead atoms. The van der Waals surface area contributed by atoms with Gasteiger partial charge >= 0.3 is 0 Å². The molecule has 3 heteroatoms. The minimum Gasteiger partial charge on any atom is -0.205 e. The molecule has 31 heavy (non-hydrogen) atoms. The molecule has 0 radical (unpaired) electrons. The molecule has 152 valence electrons. The number of aliphatic imine (C=N–C) groups is 1. The van der Waals surface area contributed by atoms with Gasteiger partial charge in [-0.05, 0) is 72.2 Å². The summed E-state index contributed by atoms with van der Waals surface area (Å²) < 4.78 is 13.9. The molecule has 0 aliphatic rings. The fourth-order valence-electron chi connectivity index (χ4n) is 2.99. The van der Waals surface area contributed by atoms with Gasteiger partial charge in [0.1, 0.15) is 5.69 Å². The average Bonchev–Trinajstić information content (AvgIpc) is 2.80. The van der Waals surface area contributed by atoms with E-state index in [0.717, 1.165) is 28.7 Å². The molecule has 3 aromatic rings. The summed E-state index contributed by atoms with van der Waals surface area (Å²) in [6.45, 7) is 2.20. The van der Waals surface area contributed by atoms with Crippen LogP contribution in [0.4, 0.5) is 10.1 Å². The van der Waals surface area contributed by atoms with Gasteiger partial charge in [0.2, 0.25) is 0 Å². The van der Waals surface area contributed by atoms with Crippen molar-refractivity contribution in [3.05, 3.63) is 89.2 Å². The Morgan fingerprint density at radius 1 is 0.774 bits per heavy atom. The largest absolute Gasteiger partial charge is 0.205 e. The van der Waals surface area contributed by atoms with Crippen LogP contribution in [0.2, 0.25) is 0 Å². The summed E-state index contributed by atoms with van der Waals surface area (Å²) in [7, 11) is 0. The molecule has 0 aliphatic heterocycles. The molecule has 1 nitrogen and oxygen atoms in total. The van der Waals surface area contributed by atoms with Crippen LogP contribution in [0.5, 0.6) is 0 Å². The monoisotopic (exact) mass is 423 g/mol. The molecule has 3 aromatic carbocycles. The molecule has 0 amide bonds. The minimum atomic E-state index is -0.464. The third kappa shape index (κ3) is 6.77. The highest BCUT2D eigenvalue weighted by Crippen LogP contribution is 2.21. The molecular formula is C28H22FNS. The van der Waals surface area contributed by atoms with Gasteiger partial charge in [0, 0.05) is 23.1 Å². The topological polar surface area (TPSA) is 12.4 Å². The maximum atomic E-state index is 13.9. The van der Waals surface area contributed by atoms with Crippen LogP contribution in [0.1, 0.15) is 49.3 Å². The highest BCUT2D eigenvalue weighted by molar-refractivity contribution is 7.78. The Morgan fingerprint density at radius 2 is 1.35 bits per heavy atom. The summed E-state index contributed by atoms with van der Waals surface area (Å²) in [6, 6.07) is 20.9. The Balaban J connectivity index is 1.66. The van der Waals surface area contributed by atoms with E-state index in [4.69, 9.17) is 0 Å². The number of benzene rings is 3. The SMILES string of the molecule is CCCCCC#Cc1ccc(-c2ccc(C#Cc3ccc(N=C=S)c(F)c3)cc2)cc1. The highest BCUT2D eigenvalue weighted by atomic mass is 32.1. The lowest BCUT2D eigenvalue weighted by atomic mass is 10.0. The zero-order chi connectivity index (χ0) is 21.9. The maximum absolute atomic E-state index is 13.9. The number of rotatable bonds is 5. The zero-order valence-electron chi connectivity index (χ0n) is 17.4. The fraction of sp³-hybridized carbons (Fsp3) is 0.179. The van der Waals surface area contributed by atoms with Gasteiger partial charge < -0.3 is 0 Å². The fourth-order valence-corrected chi connectivity index (χ4v) is 3.09. The quantitative estimate of drug-likeness (QED) is 0.178. The first-order valence-corrected chi connectivity index (χ1v) is 10.7. The summed E-state index contributed by atoms with van der Waals surface area (Å²) in [6.07, 6.45) is 4.58. The molecule has 0 N–H and O–H groups in total. The number of hydrogen-bond donors (Lipinski definition) is 0. The van der Waals surface area contributed by atoms with Crippen molar-refractivity contribution in [2.45, 2.75) is 32.6 Å². The van der Waals surface area contributed by atoms with Gasteiger partial charge in [-0.3, -0.25) is 0 Å². The molecule has 0 aliphatic carbocycles. The van der Waals surface area contributed by atoms with Crippen molar-refractivity contribution >= 4 is 23.1 Å². The lowest BCUT2D eigenvalue weighted by molar-refractivity contribution is 0.629. The number of nitrogens with zero attached hydrogens (tertiary/aromatic N) is 1. The summed E-state index contributed by atoms with van der Waals surface area (Å²) in [5, 5.41) is 2.17. The third-order valence-electron chi connectivity index (χ3n) is 4.71. The van der Waals surface area contributed by atoms with Gasteiger partial charge in [0.05, 0.1) is 5.16 Å². The van der Waals surface area contributed by atoms with Crippen molar-refractivity contribution in [1.29, 1.82) is 0 Å². The number of thiocarbonyl (C=S) groups is 1. The van der Waals surface area contributed by atoms with Gasteiger partial charge in [0.25, 0.3) is 0 Å². The van der Waals surface area contributed by atoms with Gasteiger partial charge in [0.15, 0.2) is 5.82 Å². The lowest BCUT2D eigenvalue weighted by Gasteiger charge is -2.02. The van der Waals surface area contributed by atoms with E-state index in [1.165, 1.54) is 25.3 Å². The third-order valence-corrected chi connectivity index (χ3v) is 4.80. The van der Waals surface area contributed by atoms with Crippen molar-refractivity contribution in [2.24, 2.45) is 4.99 Å². The van der Waals surface area contributed by atoms with E-state index >= 15 is 0 Å². The molecule has 0 saturated carbocycles. The molecule has 0 aromatic heterocycles. The van der Waals surface area contributed by atoms with Crippen LogP contribution >= 0.6 is 12.2 Å². The van der Waals surface area contributed by atoms with E-state index in [1.807, 2.05) is 24.3 Å². The van der Waals surface area contributed by atoms with E-state index < -0.39 is 5.82 Å². The van der Waals surface area contributed by atoms with Gasteiger partial charge in [-0.1, -0.05) is 67.7 Å². The number of halogens is 1. The van der Waals surface area contributed by atoms with E-state index in [9.17, 15) is 4.39 Å². The minimum absolute atomic E-state index is 0.165. The first-order chi connectivity index (χ1) is 15.2. The van der Waals surface area contributed by atoms with Crippen molar-refractivity contribution in [1.82, 2.24) is 0 Å². The summed E-state index contributed by atoms with van der Waals surface area (Å²) >= 11 is 4.51. The Kier molecular flexibility index (Phi) is 8.33. The molecule has 3 rings (SSSR count). The number of unbranched alkanes of at least 4 members (excludes halogenated alkanes) is 3. The second-order valence-corrected chi connectivity index (χ2v) is 7.22. The first-order valence-electron chi connectivity index (χ1n) is 10.3. The van der Waals surface area contributed by atoms with Gasteiger partial charge in [-0.25, -0.2) is 4.39 Å². The summed E-state index contributed by atoms with van der Waals surface area (Å²) in [4.78, 5) is 3.67. The van der Waals surface area contributed by atoms with E-state index in [0.29, 0.717) is 5.56 Å². The summed E-state index contributed by atoms with van der Waals surface area (Å²) in [5.41, 5.74) is 4.89. The standard InChI is InChI=1S/C28H22FNS/c1-2-3-4-5-6-7-22-10-15-25(16-11-22)26-17-12-23(13-18-26)8-9-24-14-19-28(30-21-31)27(29)20-24/h10-20H,2-5H2,1H3. The molecule has 0 saturated heterocycles. The van der Waals surface area contributed by atoms with Crippen LogP contribution in [0.3, 0.4) is 0 Å². The first kappa shape index (κ1) is 22.2. The Hall–Kier alpha value is -3.49. The highest BCUT2D eigenvalue weighted by Gasteiger charge is 2.01. The van der Waals surface area contributed by atoms with Crippen molar-refractivity contribution in [3.8, 4) is 34.8 Å². The normalized spacial score (nSPS) is 9.61. The Morgan fingerprint density at radius 3 is 1.94 bits per heavy atom. The van der Waals surface area contributed by atoms with Crippen LogP contribution in [0.15, 0.2) is 71.7 Å². The number of hydrogen-bond acceptors (Lipinski definition) is 2. The predicted octanol–water partition coefficient (Wildman–Crippen LogP) is 7.56. The van der Waals surface area contributed by atoms with Crippen molar-refractivity contribution < 1.29 is 4.39 Å². The van der Waals surface area contributed by atoms with Crippen LogP contribution in [0.25, 0.3) is 11.1 Å². The molecule has 0 atom stereocenters. The van der Waals surface area contributed by atoms with E-state index in [-0.39, 0.29) is 5.69 Å². The van der Waals surface area contributed by atoms with Gasteiger partial charge in [-0.15, -0.1) is 0 Å². The van der Waals surface area contributed by atoms with Crippen molar-refractivity contribution in [2.75, 3.05) is 0 Å². The second-order valence-electron chi connectivity index (χ2n) is 7.03. The molecule has 0 spiro atoms. The second kappa shape index (κ2) is 11.6.